The third-order valence-corrected chi connectivity index (χ3v) is 3.60. The van der Waals surface area contributed by atoms with Crippen LogP contribution in [0.2, 0.25) is 0 Å². The molecule has 0 saturated carbocycles. The molecule has 104 valence electrons. The predicted octanol–water partition coefficient (Wildman–Crippen LogP) is 1.73. The maximum atomic E-state index is 12.5. The van der Waals surface area contributed by atoms with Crippen molar-refractivity contribution < 1.29 is 9.21 Å². The molecule has 0 unspecified atom stereocenters. The summed E-state index contributed by atoms with van der Waals surface area (Å²) >= 11 is 0. The van der Waals surface area contributed by atoms with E-state index in [0.717, 1.165) is 31.7 Å². The summed E-state index contributed by atoms with van der Waals surface area (Å²) < 4.78 is 5.34. The zero-order chi connectivity index (χ0) is 13.9. The van der Waals surface area contributed by atoms with Crippen molar-refractivity contribution in [3.05, 3.63) is 42.5 Å². The molecule has 0 N–H and O–H groups in total. The molecule has 1 aromatic carbocycles. The Morgan fingerprint density at radius 2 is 1.85 bits per heavy atom. The SMILES string of the molecule is CN1CCN(C(=O)c2ocnc2-c2ccccc2)CC1. The zero-order valence-corrected chi connectivity index (χ0v) is 11.5. The number of rotatable bonds is 2. The van der Waals surface area contributed by atoms with Gasteiger partial charge in [0.15, 0.2) is 6.39 Å². The largest absolute Gasteiger partial charge is 0.438 e. The highest BCUT2D eigenvalue weighted by atomic mass is 16.3. The van der Waals surface area contributed by atoms with Crippen molar-refractivity contribution in [2.45, 2.75) is 0 Å². The van der Waals surface area contributed by atoms with E-state index in [2.05, 4.69) is 16.9 Å². The molecule has 0 aliphatic carbocycles. The van der Waals surface area contributed by atoms with E-state index in [-0.39, 0.29) is 5.91 Å². The Morgan fingerprint density at radius 3 is 2.55 bits per heavy atom. The molecule has 2 aromatic rings. The summed E-state index contributed by atoms with van der Waals surface area (Å²) in [7, 11) is 2.06. The quantitative estimate of drug-likeness (QED) is 0.834. The van der Waals surface area contributed by atoms with Crippen molar-refractivity contribution in [3.8, 4) is 11.3 Å². The fourth-order valence-corrected chi connectivity index (χ4v) is 2.35. The Kier molecular flexibility index (Phi) is 3.52. The second-order valence-corrected chi connectivity index (χ2v) is 4.99. The molecule has 2 heterocycles. The van der Waals surface area contributed by atoms with Crippen LogP contribution in [0.25, 0.3) is 11.3 Å². The van der Waals surface area contributed by atoms with E-state index in [4.69, 9.17) is 4.42 Å². The van der Waals surface area contributed by atoms with Gasteiger partial charge in [0.1, 0.15) is 5.69 Å². The molecule has 1 aromatic heterocycles. The molecular formula is C15H17N3O2. The van der Waals surface area contributed by atoms with Crippen molar-refractivity contribution >= 4 is 5.91 Å². The van der Waals surface area contributed by atoms with Crippen LogP contribution in [-0.2, 0) is 0 Å². The van der Waals surface area contributed by atoms with E-state index < -0.39 is 0 Å². The number of amides is 1. The Morgan fingerprint density at radius 1 is 1.15 bits per heavy atom. The topological polar surface area (TPSA) is 49.6 Å². The van der Waals surface area contributed by atoms with Crippen LogP contribution in [0, 0.1) is 0 Å². The smallest absolute Gasteiger partial charge is 0.292 e. The monoisotopic (exact) mass is 271 g/mol. The van der Waals surface area contributed by atoms with Gasteiger partial charge in [-0.15, -0.1) is 0 Å². The van der Waals surface area contributed by atoms with Crippen molar-refractivity contribution in [2.24, 2.45) is 0 Å². The minimum absolute atomic E-state index is 0.0746. The fourth-order valence-electron chi connectivity index (χ4n) is 2.35. The summed E-state index contributed by atoms with van der Waals surface area (Å²) in [5, 5.41) is 0. The lowest BCUT2D eigenvalue weighted by Crippen LogP contribution is -2.47. The first kappa shape index (κ1) is 12.9. The van der Waals surface area contributed by atoms with E-state index >= 15 is 0 Å². The molecule has 0 bridgehead atoms. The van der Waals surface area contributed by atoms with Gasteiger partial charge in [-0.05, 0) is 7.05 Å². The maximum Gasteiger partial charge on any atom is 0.292 e. The van der Waals surface area contributed by atoms with Gasteiger partial charge in [-0.3, -0.25) is 4.79 Å². The number of oxazole rings is 1. The number of benzene rings is 1. The molecule has 5 heteroatoms. The van der Waals surface area contributed by atoms with E-state index in [9.17, 15) is 4.79 Å². The summed E-state index contributed by atoms with van der Waals surface area (Å²) in [6, 6.07) is 9.64. The first-order chi connectivity index (χ1) is 9.75. The fraction of sp³-hybridized carbons (Fsp3) is 0.333. The minimum Gasteiger partial charge on any atom is -0.438 e. The standard InChI is InChI=1S/C15H17N3O2/c1-17-7-9-18(10-8-17)15(19)14-13(16-11-20-14)12-5-3-2-4-6-12/h2-6,11H,7-10H2,1H3. The minimum atomic E-state index is -0.0746. The molecule has 0 radical (unpaired) electrons. The number of aromatic nitrogens is 1. The number of hydrogen-bond acceptors (Lipinski definition) is 4. The van der Waals surface area contributed by atoms with E-state index in [1.54, 1.807) is 0 Å². The average Bonchev–Trinajstić information content (AvgIpc) is 2.97. The van der Waals surface area contributed by atoms with E-state index in [1.165, 1.54) is 6.39 Å². The normalized spacial score (nSPS) is 16.4. The van der Waals surface area contributed by atoms with E-state index in [1.807, 2.05) is 35.2 Å². The summed E-state index contributed by atoms with van der Waals surface area (Å²) in [4.78, 5) is 20.8. The molecule has 1 saturated heterocycles. The molecule has 0 atom stereocenters. The Balaban J connectivity index is 1.85. The van der Waals surface area contributed by atoms with E-state index in [0.29, 0.717) is 11.5 Å². The lowest BCUT2D eigenvalue weighted by Gasteiger charge is -2.31. The van der Waals surface area contributed by atoms with Gasteiger partial charge in [0.05, 0.1) is 0 Å². The van der Waals surface area contributed by atoms with Gasteiger partial charge >= 0.3 is 0 Å². The van der Waals surface area contributed by atoms with Crippen LogP contribution in [0.1, 0.15) is 10.6 Å². The van der Waals surface area contributed by atoms with Crippen LogP contribution in [0.4, 0.5) is 0 Å². The highest BCUT2D eigenvalue weighted by Gasteiger charge is 2.26. The second kappa shape index (κ2) is 5.46. The third kappa shape index (κ3) is 2.44. The van der Waals surface area contributed by atoms with Crippen LogP contribution >= 0.6 is 0 Å². The van der Waals surface area contributed by atoms with Gasteiger partial charge in [-0.1, -0.05) is 30.3 Å². The van der Waals surface area contributed by atoms with Crippen LogP contribution in [-0.4, -0.2) is 53.9 Å². The molecule has 20 heavy (non-hydrogen) atoms. The van der Waals surface area contributed by atoms with Gasteiger partial charge in [-0.25, -0.2) is 4.98 Å². The first-order valence-electron chi connectivity index (χ1n) is 6.72. The second-order valence-electron chi connectivity index (χ2n) is 4.99. The molecule has 1 aliphatic rings. The van der Waals surface area contributed by atoms with Crippen LogP contribution in [0.15, 0.2) is 41.1 Å². The van der Waals surface area contributed by atoms with Gasteiger partial charge in [-0.2, -0.15) is 0 Å². The molecule has 3 rings (SSSR count). The average molecular weight is 271 g/mol. The molecular weight excluding hydrogens is 254 g/mol. The lowest BCUT2D eigenvalue weighted by atomic mass is 10.1. The summed E-state index contributed by atoms with van der Waals surface area (Å²) in [6.07, 6.45) is 1.34. The number of carbonyl (C=O) groups is 1. The Labute approximate surface area is 117 Å². The van der Waals surface area contributed by atoms with Gasteiger partial charge in [0, 0.05) is 31.7 Å². The highest BCUT2D eigenvalue weighted by Crippen LogP contribution is 2.23. The number of likely N-dealkylation sites (N-methyl/N-ethyl adjacent to an activating group) is 1. The van der Waals surface area contributed by atoms with Crippen molar-refractivity contribution in [2.75, 3.05) is 33.2 Å². The van der Waals surface area contributed by atoms with Gasteiger partial charge < -0.3 is 14.2 Å². The summed E-state index contributed by atoms with van der Waals surface area (Å²) in [5.41, 5.74) is 1.52. The lowest BCUT2D eigenvalue weighted by molar-refractivity contribution is 0.0633. The molecule has 1 fully saturated rings. The number of hydrogen-bond donors (Lipinski definition) is 0. The van der Waals surface area contributed by atoms with Crippen LogP contribution in [0.5, 0.6) is 0 Å². The van der Waals surface area contributed by atoms with Crippen LogP contribution < -0.4 is 0 Å². The molecule has 0 spiro atoms. The molecule has 5 nitrogen and oxygen atoms in total. The van der Waals surface area contributed by atoms with Gasteiger partial charge in [0.25, 0.3) is 5.91 Å². The maximum absolute atomic E-state index is 12.5. The van der Waals surface area contributed by atoms with Gasteiger partial charge in [0.2, 0.25) is 5.76 Å². The van der Waals surface area contributed by atoms with Crippen molar-refractivity contribution in [1.82, 2.24) is 14.8 Å². The molecule has 1 amide bonds. The molecule has 1 aliphatic heterocycles. The Hall–Kier alpha value is -2.14. The highest BCUT2D eigenvalue weighted by molar-refractivity contribution is 5.97. The predicted molar refractivity (Wildman–Crippen MR) is 75.3 cm³/mol. The summed E-state index contributed by atoms with van der Waals surface area (Å²) in [6.45, 7) is 3.23. The van der Waals surface area contributed by atoms with Crippen molar-refractivity contribution in [3.63, 3.8) is 0 Å². The number of nitrogens with zero attached hydrogens (tertiary/aromatic N) is 3. The first-order valence-corrected chi connectivity index (χ1v) is 6.72. The van der Waals surface area contributed by atoms with Crippen molar-refractivity contribution in [1.29, 1.82) is 0 Å². The Bertz CT molecular complexity index is 586. The summed E-state index contributed by atoms with van der Waals surface area (Å²) in [5.74, 6) is 0.259. The van der Waals surface area contributed by atoms with Crippen LogP contribution in [0.3, 0.4) is 0 Å². The third-order valence-electron chi connectivity index (χ3n) is 3.60. The number of carbonyl (C=O) groups excluding carboxylic acids is 1. The zero-order valence-electron chi connectivity index (χ0n) is 11.5. The number of piperazine rings is 1.